The van der Waals surface area contributed by atoms with Gasteiger partial charge in [-0.05, 0) is 24.1 Å². The molecule has 1 aromatic heterocycles. The number of nitrogens with zero attached hydrogens (tertiary/aromatic N) is 1. The third-order valence-electron chi connectivity index (χ3n) is 3.61. The number of hydrogen-bond donors (Lipinski definition) is 1. The Morgan fingerprint density at radius 1 is 1.09 bits per heavy atom. The van der Waals surface area contributed by atoms with Crippen LogP contribution < -0.4 is 11.1 Å². The van der Waals surface area contributed by atoms with Crippen LogP contribution in [0.5, 0.6) is 0 Å². The van der Waals surface area contributed by atoms with Crippen LogP contribution in [-0.4, -0.2) is 21.7 Å². The van der Waals surface area contributed by atoms with E-state index in [2.05, 4.69) is 4.98 Å². The number of H-pyrrole nitrogens is 1. The third-order valence-corrected chi connectivity index (χ3v) is 3.61. The van der Waals surface area contributed by atoms with Gasteiger partial charge in [-0.25, -0.2) is 0 Å². The maximum absolute atomic E-state index is 12.5. The van der Waals surface area contributed by atoms with Gasteiger partial charge in [-0.15, -0.1) is 0 Å². The smallest absolute Gasteiger partial charge is 0.266 e. The summed E-state index contributed by atoms with van der Waals surface area (Å²) in [5, 5.41) is 0. The Labute approximate surface area is 125 Å². The molecule has 0 spiro atoms. The molecule has 0 saturated heterocycles. The molecule has 2 amide bonds. The molecule has 1 aliphatic rings. The Bertz CT molecular complexity index is 914. The van der Waals surface area contributed by atoms with Crippen molar-refractivity contribution in [3.8, 4) is 0 Å². The van der Waals surface area contributed by atoms with Crippen LogP contribution in [0, 0.1) is 6.92 Å². The van der Waals surface area contributed by atoms with Gasteiger partial charge in [-0.3, -0.25) is 29.1 Å². The van der Waals surface area contributed by atoms with Crippen LogP contribution in [0.2, 0.25) is 0 Å². The van der Waals surface area contributed by atoms with E-state index < -0.39 is 22.9 Å². The fourth-order valence-electron chi connectivity index (χ4n) is 2.55. The quantitative estimate of drug-likeness (QED) is 0.790. The summed E-state index contributed by atoms with van der Waals surface area (Å²) in [7, 11) is 0. The van der Waals surface area contributed by atoms with Gasteiger partial charge in [0.05, 0.1) is 6.54 Å². The number of aromatic nitrogens is 1. The highest BCUT2D eigenvalue weighted by Crippen LogP contribution is 2.26. The molecule has 1 aliphatic heterocycles. The predicted molar refractivity (Wildman–Crippen MR) is 78.7 cm³/mol. The minimum Gasteiger partial charge on any atom is -0.289 e. The number of hydrogen-bond acceptors (Lipinski definition) is 4. The van der Waals surface area contributed by atoms with Gasteiger partial charge in [-0.2, -0.15) is 0 Å². The Hall–Kier alpha value is -3.02. The van der Waals surface area contributed by atoms with Crippen LogP contribution >= 0.6 is 0 Å². The Balaban J connectivity index is 2.05. The number of aromatic amines is 1. The second-order valence-electron chi connectivity index (χ2n) is 5.06. The molecule has 0 atom stereocenters. The van der Waals surface area contributed by atoms with Crippen LogP contribution in [-0.2, 0) is 6.54 Å². The van der Waals surface area contributed by atoms with Crippen LogP contribution in [0.15, 0.2) is 46.0 Å². The lowest BCUT2D eigenvalue weighted by Crippen LogP contribution is -2.35. The standard InChI is InChI=1S/C16H12N2O4/c1-9-4-2-5-10-8-18(16(22)13(9)10)15(21)11-6-3-7-12(19)17-14(11)20/h2-7H,8H2,1H3,(H,17,19,20). The molecule has 2 heterocycles. The maximum Gasteiger partial charge on any atom is 0.266 e. The van der Waals surface area contributed by atoms with Crippen LogP contribution in [0.1, 0.15) is 31.8 Å². The largest absolute Gasteiger partial charge is 0.289 e. The van der Waals surface area contributed by atoms with Crippen molar-refractivity contribution >= 4 is 11.8 Å². The number of carbonyl (C=O) groups excluding carboxylic acids is 2. The molecule has 0 fully saturated rings. The van der Waals surface area contributed by atoms with Gasteiger partial charge in [0.15, 0.2) is 0 Å². The van der Waals surface area contributed by atoms with Crippen molar-refractivity contribution in [3.05, 3.63) is 79.4 Å². The average Bonchev–Trinajstić information content (AvgIpc) is 2.71. The molecular formula is C16H12N2O4. The highest BCUT2D eigenvalue weighted by molar-refractivity contribution is 6.13. The van der Waals surface area contributed by atoms with Crippen molar-refractivity contribution in [3.63, 3.8) is 0 Å². The number of imide groups is 1. The summed E-state index contributed by atoms with van der Waals surface area (Å²) in [6, 6.07) is 9.08. The number of fused-ring (bicyclic) bond motifs is 1. The van der Waals surface area contributed by atoms with Crippen molar-refractivity contribution in [1.82, 2.24) is 9.88 Å². The zero-order chi connectivity index (χ0) is 15.9. The van der Waals surface area contributed by atoms with Crippen molar-refractivity contribution in [2.75, 3.05) is 0 Å². The van der Waals surface area contributed by atoms with Gasteiger partial charge in [0.25, 0.3) is 22.9 Å². The predicted octanol–water partition coefficient (Wildman–Crippen LogP) is 0.840. The molecule has 0 bridgehead atoms. The summed E-state index contributed by atoms with van der Waals surface area (Å²) in [4.78, 5) is 51.1. The molecule has 1 N–H and O–H groups in total. The number of nitrogens with one attached hydrogen (secondary N) is 1. The number of carbonyl (C=O) groups is 2. The Kier molecular flexibility index (Phi) is 3.21. The van der Waals surface area contributed by atoms with Gasteiger partial charge >= 0.3 is 0 Å². The van der Waals surface area contributed by atoms with Crippen molar-refractivity contribution in [2.24, 2.45) is 0 Å². The number of benzene rings is 1. The fraction of sp³-hybridized carbons (Fsp3) is 0.125. The molecule has 0 unspecified atom stereocenters. The molecule has 6 heteroatoms. The highest BCUT2D eigenvalue weighted by atomic mass is 16.2. The first-order chi connectivity index (χ1) is 10.5. The first-order valence-electron chi connectivity index (χ1n) is 6.67. The summed E-state index contributed by atoms with van der Waals surface area (Å²) in [6.45, 7) is 1.92. The molecule has 0 aliphatic carbocycles. The molecule has 22 heavy (non-hydrogen) atoms. The highest BCUT2D eigenvalue weighted by Gasteiger charge is 2.34. The van der Waals surface area contributed by atoms with E-state index in [4.69, 9.17) is 0 Å². The van der Waals surface area contributed by atoms with Gasteiger partial charge in [0.2, 0.25) is 0 Å². The lowest BCUT2D eigenvalue weighted by atomic mass is 10.0. The minimum atomic E-state index is -0.805. The average molecular weight is 296 g/mol. The monoisotopic (exact) mass is 296 g/mol. The normalized spacial score (nSPS) is 13.1. The molecule has 3 rings (SSSR count). The molecule has 2 aromatic rings. The van der Waals surface area contributed by atoms with E-state index in [9.17, 15) is 19.2 Å². The summed E-state index contributed by atoms with van der Waals surface area (Å²) < 4.78 is 0. The summed E-state index contributed by atoms with van der Waals surface area (Å²) >= 11 is 0. The molecule has 0 saturated carbocycles. The number of aryl methyl sites for hydroxylation is 1. The first-order valence-corrected chi connectivity index (χ1v) is 6.67. The maximum atomic E-state index is 12.5. The number of amides is 2. The van der Waals surface area contributed by atoms with E-state index in [0.717, 1.165) is 22.1 Å². The summed E-state index contributed by atoms with van der Waals surface area (Å²) in [6.07, 6.45) is 0. The summed E-state index contributed by atoms with van der Waals surface area (Å²) in [5.41, 5.74) is 0.390. The zero-order valence-corrected chi connectivity index (χ0v) is 11.8. The Morgan fingerprint density at radius 3 is 2.55 bits per heavy atom. The molecular weight excluding hydrogens is 284 g/mol. The minimum absolute atomic E-state index is 0.122. The van der Waals surface area contributed by atoms with E-state index in [0.29, 0.717) is 5.56 Å². The van der Waals surface area contributed by atoms with Crippen LogP contribution in [0.4, 0.5) is 0 Å². The van der Waals surface area contributed by atoms with E-state index in [1.165, 1.54) is 12.1 Å². The zero-order valence-electron chi connectivity index (χ0n) is 11.8. The second kappa shape index (κ2) is 5.07. The van der Waals surface area contributed by atoms with Gasteiger partial charge in [-0.1, -0.05) is 24.3 Å². The van der Waals surface area contributed by atoms with Gasteiger partial charge in [0.1, 0.15) is 5.56 Å². The van der Waals surface area contributed by atoms with E-state index in [1.807, 2.05) is 6.07 Å². The lowest BCUT2D eigenvalue weighted by Gasteiger charge is -2.12. The van der Waals surface area contributed by atoms with Crippen LogP contribution in [0.25, 0.3) is 0 Å². The summed E-state index contributed by atoms with van der Waals surface area (Å²) in [5.74, 6) is -1.14. The van der Waals surface area contributed by atoms with E-state index in [1.54, 1.807) is 19.1 Å². The Morgan fingerprint density at radius 2 is 1.82 bits per heavy atom. The first kappa shape index (κ1) is 13.9. The molecule has 6 nitrogen and oxygen atoms in total. The lowest BCUT2D eigenvalue weighted by molar-refractivity contribution is 0.0630. The molecule has 0 radical (unpaired) electrons. The molecule has 1 aromatic carbocycles. The van der Waals surface area contributed by atoms with Gasteiger partial charge in [0, 0.05) is 11.6 Å². The van der Waals surface area contributed by atoms with E-state index >= 15 is 0 Å². The van der Waals surface area contributed by atoms with Crippen molar-refractivity contribution < 1.29 is 9.59 Å². The van der Waals surface area contributed by atoms with Gasteiger partial charge < -0.3 is 0 Å². The molecule has 110 valence electrons. The van der Waals surface area contributed by atoms with E-state index in [-0.39, 0.29) is 12.1 Å². The topological polar surface area (TPSA) is 87.3 Å². The second-order valence-corrected chi connectivity index (χ2v) is 5.06. The SMILES string of the molecule is Cc1cccc2c1C(=O)N(C(=O)c1cccc(=O)[nH]c1=O)C2. The third kappa shape index (κ3) is 2.14. The van der Waals surface area contributed by atoms with Crippen LogP contribution in [0.3, 0.4) is 0 Å². The number of rotatable bonds is 1. The van der Waals surface area contributed by atoms with Crippen molar-refractivity contribution in [2.45, 2.75) is 13.5 Å². The van der Waals surface area contributed by atoms with Crippen molar-refractivity contribution in [1.29, 1.82) is 0 Å². The fourth-order valence-corrected chi connectivity index (χ4v) is 2.55.